The smallest absolute Gasteiger partial charge is 0.276 e. The summed E-state index contributed by atoms with van der Waals surface area (Å²) < 4.78 is 7.26. The lowest BCUT2D eigenvalue weighted by Crippen LogP contribution is -2.36. The molecule has 0 unspecified atom stereocenters. The fourth-order valence-electron chi connectivity index (χ4n) is 5.15. The molecule has 160 valence electrons. The van der Waals surface area contributed by atoms with E-state index in [1.807, 2.05) is 46.1 Å². The van der Waals surface area contributed by atoms with Crippen LogP contribution in [0.3, 0.4) is 0 Å². The van der Waals surface area contributed by atoms with E-state index in [1.54, 1.807) is 6.07 Å². The zero-order chi connectivity index (χ0) is 20.9. The van der Waals surface area contributed by atoms with E-state index in [0.717, 1.165) is 17.7 Å². The van der Waals surface area contributed by atoms with E-state index >= 15 is 0 Å². The lowest BCUT2D eigenvalue weighted by atomic mass is 9.77. The molecular formula is C23H25N5O3. The zero-order valence-electron chi connectivity index (χ0n) is 17.2. The molecule has 6 rings (SSSR count). The van der Waals surface area contributed by atoms with Gasteiger partial charge >= 0.3 is 0 Å². The predicted molar refractivity (Wildman–Crippen MR) is 111 cm³/mol. The molecule has 2 aromatic heterocycles. The third-order valence-corrected chi connectivity index (χ3v) is 7.05. The van der Waals surface area contributed by atoms with Crippen LogP contribution >= 0.6 is 0 Å². The maximum Gasteiger partial charge on any atom is 0.276 e. The third kappa shape index (κ3) is 3.44. The Kier molecular flexibility index (Phi) is 4.41. The van der Waals surface area contributed by atoms with Gasteiger partial charge in [-0.1, -0.05) is 40.7 Å². The second kappa shape index (κ2) is 7.30. The van der Waals surface area contributed by atoms with Gasteiger partial charge in [-0.3, -0.25) is 4.79 Å². The predicted octanol–water partition coefficient (Wildman–Crippen LogP) is 2.89. The van der Waals surface area contributed by atoms with E-state index in [4.69, 9.17) is 4.52 Å². The Morgan fingerprint density at radius 2 is 1.87 bits per heavy atom. The van der Waals surface area contributed by atoms with Crippen LogP contribution in [0, 0.1) is 11.8 Å². The molecule has 2 aliphatic carbocycles. The average molecular weight is 419 g/mol. The number of aliphatic hydroxyl groups excluding tert-OH is 1. The minimum atomic E-state index is -0.471. The fourth-order valence-corrected chi connectivity index (χ4v) is 5.15. The summed E-state index contributed by atoms with van der Waals surface area (Å²) >= 11 is 0. The number of nitrogens with zero attached hydrogens (tertiary/aromatic N) is 5. The maximum atomic E-state index is 13.1. The van der Waals surface area contributed by atoms with Crippen LogP contribution in [0.25, 0.3) is 11.3 Å². The first-order valence-corrected chi connectivity index (χ1v) is 11.1. The van der Waals surface area contributed by atoms with Crippen molar-refractivity contribution in [3.8, 4) is 11.3 Å². The van der Waals surface area contributed by atoms with Crippen LogP contribution in [-0.2, 0) is 0 Å². The van der Waals surface area contributed by atoms with E-state index in [0.29, 0.717) is 48.7 Å². The molecule has 4 atom stereocenters. The van der Waals surface area contributed by atoms with Crippen LogP contribution in [0.2, 0.25) is 0 Å². The van der Waals surface area contributed by atoms with Gasteiger partial charge in [0.15, 0.2) is 11.5 Å². The Bertz CT molecular complexity index is 1090. The summed E-state index contributed by atoms with van der Waals surface area (Å²) in [5.74, 6) is 1.66. The lowest BCUT2D eigenvalue weighted by Gasteiger charge is -2.34. The molecular weight excluding hydrogens is 394 g/mol. The summed E-state index contributed by atoms with van der Waals surface area (Å²) in [6, 6.07) is 11.3. The molecule has 1 amide bonds. The van der Waals surface area contributed by atoms with Gasteiger partial charge in [-0.25, -0.2) is 4.68 Å². The number of benzene rings is 1. The monoisotopic (exact) mass is 419 g/mol. The van der Waals surface area contributed by atoms with Crippen molar-refractivity contribution in [3.05, 3.63) is 54.0 Å². The first-order chi connectivity index (χ1) is 15.2. The molecule has 3 aromatic rings. The minimum absolute atomic E-state index is 0.0759. The van der Waals surface area contributed by atoms with Crippen molar-refractivity contribution in [1.29, 1.82) is 0 Å². The number of carbonyl (C=O) groups is 1. The Morgan fingerprint density at radius 3 is 2.65 bits per heavy atom. The lowest BCUT2D eigenvalue weighted by molar-refractivity contribution is 0.0298. The number of fused-ring (bicyclic) bond motifs is 1. The standard InChI is InChI=1S/C23H25N5O3/c29-21-9-17-12-27(23(30)18-10-22(31-25-18)15-4-2-1-3-5-15)11-16(17)8-20(21)28-13-19(24-26-28)14-6-7-14/h1-5,10,13-14,16-17,20-21,29H,6-9,11-12H2/t16-,17+,20-,21-/m1/s1. The maximum absolute atomic E-state index is 13.1. The molecule has 3 heterocycles. The summed E-state index contributed by atoms with van der Waals surface area (Å²) in [7, 11) is 0. The van der Waals surface area contributed by atoms with Crippen molar-refractivity contribution in [2.45, 2.75) is 43.7 Å². The Balaban J connectivity index is 1.15. The van der Waals surface area contributed by atoms with E-state index in [1.165, 1.54) is 12.8 Å². The SMILES string of the molecule is O=C(c1cc(-c2ccccc2)on1)N1C[C@H]2C[C@@H](n3cc(C4CC4)nn3)[C@H](O)C[C@H]2C1. The van der Waals surface area contributed by atoms with E-state index in [2.05, 4.69) is 15.5 Å². The summed E-state index contributed by atoms with van der Waals surface area (Å²) in [6.07, 6.45) is 5.37. The van der Waals surface area contributed by atoms with Crippen LogP contribution in [0.5, 0.6) is 0 Å². The van der Waals surface area contributed by atoms with Gasteiger partial charge < -0.3 is 14.5 Å². The zero-order valence-corrected chi connectivity index (χ0v) is 17.2. The van der Waals surface area contributed by atoms with Crippen LogP contribution in [0.4, 0.5) is 0 Å². The first-order valence-electron chi connectivity index (χ1n) is 11.1. The van der Waals surface area contributed by atoms with Gasteiger partial charge in [-0.15, -0.1) is 5.10 Å². The van der Waals surface area contributed by atoms with Crippen molar-refractivity contribution in [1.82, 2.24) is 25.1 Å². The van der Waals surface area contributed by atoms with Crippen molar-refractivity contribution >= 4 is 5.91 Å². The molecule has 1 saturated heterocycles. The molecule has 31 heavy (non-hydrogen) atoms. The van der Waals surface area contributed by atoms with Gasteiger partial charge in [0.1, 0.15) is 0 Å². The van der Waals surface area contributed by atoms with Crippen molar-refractivity contribution in [3.63, 3.8) is 0 Å². The Hall–Kier alpha value is -3.00. The largest absolute Gasteiger partial charge is 0.391 e. The molecule has 2 saturated carbocycles. The molecule has 0 bridgehead atoms. The van der Waals surface area contributed by atoms with E-state index in [9.17, 15) is 9.90 Å². The van der Waals surface area contributed by atoms with Gasteiger partial charge in [0.25, 0.3) is 5.91 Å². The van der Waals surface area contributed by atoms with Crippen LogP contribution in [0.15, 0.2) is 47.1 Å². The Morgan fingerprint density at radius 1 is 1.10 bits per heavy atom. The minimum Gasteiger partial charge on any atom is -0.391 e. The summed E-state index contributed by atoms with van der Waals surface area (Å²) in [4.78, 5) is 14.9. The first kappa shape index (κ1) is 18.7. The van der Waals surface area contributed by atoms with Gasteiger partial charge in [0.2, 0.25) is 0 Å². The number of hydrogen-bond acceptors (Lipinski definition) is 6. The quantitative estimate of drug-likeness (QED) is 0.698. The topological polar surface area (TPSA) is 97.3 Å². The number of rotatable bonds is 4. The highest BCUT2D eigenvalue weighted by atomic mass is 16.5. The van der Waals surface area contributed by atoms with E-state index < -0.39 is 6.10 Å². The molecule has 1 aliphatic heterocycles. The molecule has 8 nitrogen and oxygen atoms in total. The summed E-state index contributed by atoms with van der Waals surface area (Å²) in [5, 5.41) is 23.4. The summed E-state index contributed by atoms with van der Waals surface area (Å²) in [6.45, 7) is 1.32. The number of hydrogen-bond donors (Lipinski definition) is 1. The van der Waals surface area contributed by atoms with Crippen molar-refractivity contribution in [2.24, 2.45) is 11.8 Å². The summed E-state index contributed by atoms with van der Waals surface area (Å²) in [5.41, 5.74) is 2.27. The van der Waals surface area contributed by atoms with Gasteiger partial charge in [-0.05, 0) is 37.5 Å². The third-order valence-electron chi connectivity index (χ3n) is 7.05. The molecule has 8 heteroatoms. The highest BCUT2D eigenvalue weighted by Gasteiger charge is 2.44. The van der Waals surface area contributed by atoms with Gasteiger partial charge in [0.05, 0.1) is 17.8 Å². The fraction of sp³-hybridized carbons (Fsp3) is 0.478. The van der Waals surface area contributed by atoms with Gasteiger partial charge in [0, 0.05) is 36.8 Å². The van der Waals surface area contributed by atoms with Crippen molar-refractivity contribution in [2.75, 3.05) is 13.1 Å². The normalized spacial score (nSPS) is 28.0. The highest BCUT2D eigenvalue weighted by Crippen LogP contribution is 2.43. The van der Waals surface area contributed by atoms with Crippen molar-refractivity contribution < 1.29 is 14.4 Å². The Labute approximate surface area is 179 Å². The second-order valence-corrected chi connectivity index (χ2v) is 9.18. The second-order valence-electron chi connectivity index (χ2n) is 9.18. The number of amides is 1. The van der Waals surface area contributed by atoms with E-state index in [-0.39, 0.29) is 11.9 Å². The molecule has 1 N–H and O–H groups in total. The molecule has 1 aromatic carbocycles. The van der Waals surface area contributed by atoms with Crippen LogP contribution in [-0.4, -0.2) is 55.3 Å². The molecule has 3 aliphatic rings. The average Bonchev–Trinajstić information content (AvgIpc) is 3.19. The number of carbonyl (C=O) groups excluding carboxylic acids is 1. The molecule has 0 radical (unpaired) electrons. The highest BCUT2D eigenvalue weighted by molar-refractivity contribution is 5.93. The molecule has 3 fully saturated rings. The van der Waals surface area contributed by atoms with Gasteiger partial charge in [-0.2, -0.15) is 0 Å². The number of aromatic nitrogens is 4. The number of aliphatic hydroxyl groups is 1. The molecule has 0 spiro atoms. The van der Waals surface area contributed by atoms with Crippen LogP contribution < -0.4 is 0 Å². The van der Waals surface area contributed by atoms with Crippen LogP contribution in [0.1, 0.15) is 53.8 Å². The number of likely N-dealkylation sites (tertiary alicyclic amines) is 1.